The molecule has 13 nitrogen and oxygen atoms in total. The van der Waals surface area contributed by atoms with Gasteiger partial charge in [-0.15, -0.1) is 0 Å². The van der Waals surface area contributed by atoms with Crippen molar-refractivity contribution in [1.29, 1.82) is 0 Å². The van der Waals surface area contributed by atoms with Crippen molar-refractivity contribution >= 4 is 77.6 Å². The molecule has 1 aromatic heterocycles. The van der Waals surface area contributed by atoms with Crippen molar-refractivity contribution in [3.05, 3.63) is 59.4 Å². The molecule has 16 heteroatoms. The number of hydrogen-bond donors (Lipinski definition) is 2. The summed E-state index contributed by atoms with van der Waals surface area (Å²) in [6, 6.07) is 9.35. The smallest absolute Gasteiger partial charge is 0.331 e. The Labute approximate surface area is 311 Å². The van der Waals surface area contributed by atoms with Crippen LogP contribution in [0.2, 0.25) is 35.7 Å². The van der Waals surface area contributed by atoms with E-state index >= 15 is 0 Å². The van der Waals surface area contributed by atoms with E-state index in [9.17, 15) is 9.59 Å². The summed E-state index contributed by atoms with van der Waals surface area (Å²) in [6.07, 6.45) is 2.56. The topological polar surface area (TPSA) is 125 Å². The lowest BCUT2D eigenvalue weighted by atomic mass is 10.2. The van der Waals surface area contributed by atoms with Gasteiger partial charge in [-0.2, -0.15) is 0 Å². The molecule has 51 heavy (non-hydrogen) atoms. The van der Waals surface area contributed by atoms with Gasteiger partial charge in [0.15, 0.2) is 0 Å². The van der Waals surface area contributed by atoms with Crippen LogP contribution in [0, 0.1) is 0 Å². The number of rotatable bonds is 15. The zero-order valence-electron chi connectivity index (χ0n) is 30.4. The molecule has 276 valence electrons. The van der Waals surface area contributed by atoms with Crippen LogP contribution in [-0.4, -0.2) is 102 Å². The Morgan fingerprint density at radius 1 is 1.00 bits per heavy atom. The van der Waals surface area contributed by atoms with Crippen LogP contribution < -0.4 is 34.8 Å². The third-order valence-electron chi connectivity index (χ3n) is 8.45. The number of likely N-dealkylation sites (N-methyl/N-ethyl adjacent to an activating group) is 1. The fourth-order valence-corrected chi connectivity index (χ4v) is 6.78. The number of carbonyl (C=O) groups is 2. The SMILES string of the molecule is C=CC(=O)Nc1cc(N2CCN(CC)CC2)ccc1Nc1cc(N(C)C(=O)N(COCC[Si](C)(C)C)c2c(Cl)c(OC)cc(OC)c2Cl)ncn1. The fraction of sp³-hybridized carbons (Fsp3) is 0.429. The standard InChI is InChI=1S/C35H48Cl2N8O5Si/c1-9-31(46)41-26-19-24(44-15-13-43(10-2)14-16-44)11-12-25(26)40-29-21-30(39-22-38-29)42(3)35(47)45(23-50-17-18-51(6,7)8)34-32(36)27(48-4)20-28(49-5)33(34)37/h9,11-12,19-22H,1,10,13-18,23H2,2-8H3,(H,41,46)(H,38,39,40). The van der Waals surface area contributed by atoms with Crippen LogP contribution >= 0.6 is 23.2 Å². The molecule has 0 bridgehead atoms. The number of piperazine rings is 1. The van der Waals surface area contributed by atoms with Crippen molar-refractivity contribution in [3.8, 4) is 11.5 Å². The molecule has 2 aromatic carbocycles. The van der Waals surface area contributed by atoms with Crippen molar-refractivity contribution < 1.29 is 23.8 Å². The van der Waals surface area contributed by atoms with Crippen molar-refractivity contribution in [2.45, 2.75) is 32.6 Å². The van der Waals surface area contributed by atoms with Crippen LogP contribution in [-0.2, 0) is 9.53 Å². The first-order valence-corrected chi connectivity index (χ1v) is 21.1. The number of nitrogens with zero attached hydrogens (tertiary/aromatic N) is 6. The average molecular weight is 760 g/mol. The van der Waals surface area contributed by atoms with Crippen LogP contribution in [0.15, 0.2) is 49.3 Å². The minimum absolute atomic E-state index is 0.119. The van der Waals surface area contributed by atoms with E-state index in [0.717, 1.165) is 44.5 Å². The second-order valence-corrected chi connectivity index (χ2v) is 19.5. The maximum atomic E-state index is 14.3. The molecule has 0 unspecified atom stereocenters. The van der Waals surface area contributed by atoms with E-state index in [0.29, 0.717) is 23.8 Å². The molecule has 3 amide bonds. The number of carbonyl (C=O) groups excluding carboxylic acids is 2. The van der Waals surface area contributed by atoms with Crippen LogP contribution in [0.4, 0.5) is 39.2 Å². The van der Waals surface area contributed by atoms with Gasteiger partial charge in [0.2, 0.25) is 5.91 Å². The summed E-state index contributed by atoms with van der Waals surface area (Å²) in [6.45, 7) is 17.5. The second-order valence-electron chi connectivity index (χ2n) is 13.1. The molecule has 2 N–H and O–H groups in total. The summed E-state index contributed by atoms with van der Waals surface area (Å²) < 4.78 is 17.0. The van der Waals surface area contributed by atoms with E-state index in [1.807, 2.05) is 18.2 Å². The van der Waals surface area contributed by atoms with Gasteiger partial charge in [-0.3, -0.25) is 14.6 Å². The third-order valence-corrected chi connectivity index (χ3v) is 10.9. The summed E-state index contributed by atoms with van der Waals surface area (Å²) in [5, 5.41) is 6.41. The minimum atomic E-state index is -1.42. The van der Waals surface area contributed by atoms with Crippen LogP contribution in [0.1, 0.15) is 6.92 Å². The van der Waals surface area contributed by atoms with Crippen molar-refractivity contribution in [1.82, 2.24) is 14.9 Å². The molecule has 1 aliphatic rings. The number of hydrogen-bond acceptors (Lipinski definition) is 10. The van der Waals surface area contributed by atoms with Gasteiger partial charge >= 0.3 is 6.03 Å². The maximum Gasteiger partial charge on any atom is 0.331 e. The molecule has 0 aliphatic carbocycles. The number of amides is 3. The van der Waals surface area contributed by atoms with Crippen LogP contribution in [0.5, 0.6) is 11.5 Å². The van der Waals surface area contributed by atoms with E-state index in [4.69, 9.17) is 37.4 Å². The molecule has 1 fully saturated rings. The van der Waals surface area contributed by atoms with Crippen LogP contribution in [0.25, 0.3) is 0 Å². The van der Waals surface area contributed by atoms with E-state index in [2.05, 4.69) is 63.5 Å². The molecule has 0 saturated carbocycles. The van der Waals surface area contributed by atoms with Gasteiger partial charge in [0.1, 0.15) is 46.2 Å². The minimum Gasteiger partial charge on any atom is -0.495 e. The normalized spacial score (nSPS) is 13.4. The van der Waals surface area contributed by atoms with Gasteiger partial charge in [0.05, 0.1) is 31.3 Å². The Morgan fingerprint density at radius 3 is 2.25 bits per heavy atom. The number of anilines is 6. The summed E-state index contributed by atoms with van der Waals surface area (Å²) in [4.78, 5) is 42.8. The Kier molecular flexibility index (Phi) is 13.9. The Balaban J connectivity index is 1.63. The van der Waals surface area contributed by atoms with Gasteiger partial charge < -0.3 is 34.6 Å². The number of halogens is 2. The number of ether oxygens (including phenoxy) is 3. The predicted octanol–water partition coefficient (Wildman–Crippen LogP) is 7.19. The number of methoxy groups -OCH3 is 2. The molecule has 3 aromatic rings. The molecule has 2 heterocycles. The zero-order chi connectivity index (χ0) is 37.3. The average Bonchev–Trinajstić information content (AvgIpc) is 3.12. The largest absolute Gasteiger partial charge is 0.495 e. The monoisotopic (exact) mass is 758 g/mol. The highest BCUT2D eigenvalue weighted by molar-refractivity contribution is 6.76. The Bertz CT molecular complexity index is 1670. The number of nitrogens with one attached hydrogen (secondary N) is 2. The van der Waals surface area contributed by atoms with Crippen molar-refractivity contribution in [2.24, 2.45) is 0 Å². The summed E-state index contributed by atoms with van der Waals surface area (Å²) >= 11 is 13.5. The van der Waals surface area contributed by atoms with Crippen LogP contribution in [0.3, 0.4) is 0 Å². The van der Waals surface area contributed by atoms with E-state index in [1.54, 1.807) is 19.2 Å². The maximum absolute atomic E-state index is 14.3. The van der Waals surface area contributed by atoms with E-state index in [-0.39, 0.29) is 45.7 Å². The van der Waals surface area contributed by atoms with E-state index < -0.39 is 14.1 Å². The molecule has 0 radical (unpaired) electrons. The predicted molar refractivity (Wildman–Crippen MR) is 210 cm³/mol. The first kappa shape index (κ1) is 39.7. The van der Waals surface area contributed by atoms with Crippen molar-refractivity contribution in [2.75, 3.05) is 92.7 Å². The quantitative estimate of drug-likeness (QED) is 0.0713. The fourth-order valence-electron chi connectivity index (χ4n) is 5.32. The number of urea groups is 1. The van der Waals surface area contributed by atoms with Crippen molar-refractivity contribution in [3.63, 3.8) is 0 Å². The second kappa shape index (κ2) is 17.9. The third kappa shape index (κ3) is 10.3. The van der Waals surface area contributed by atoms with Gasteiger partial charge in [-0.25, -0.2) is 14.8 Å². The number of benzene rings is 2. The molecular formula is C35H48Cl2N8O5Si. The first-order chi connectivity index (χ1) is 24.3. The number of aromatic nitrogens is 2. The van der Waals surface area contributed by atoms with Gasteiger partial charge in [-0.05, 0) is 36.9 Å². The van der Waals surface area contributed by atoms with Gasteiger partial charge in [0, 0.05) is 65.7 Å². The highest BCUT2D eigenvalue weighted by Crippen LogP contribution is 2.46. The Morgan fingerprint density at radius 2 is 1.67 bits per heavy atom. The lowest BCUT2D eigenvalue weighted by Crippen LogP contribution is -2.46. The van der Waals surface area contributed by atoms with Gasteiger partial charge in [0.25, 0.3) is 0 Å². The zero-order valence-corrected chi connectivity index (χ0v) is 32.9. The molecule has 0 atom stereocenters. The highest BCUT2D eigenvalue weighted by Gasteiger charge is 2.30. The summed E-state index contributed by atoms with van der Waals surface area (Å²) in [5.74, 6) is 0.859. The molecule has 1 aliphatic heterocycles. The summed E-state index contributed by atoms with van der Waals surface area (Å²) in [7, 11) is 3.08. The van der Waals surface area contributed by atoms with Gasteiger partial charge in [-0.1, -0.05) is 56.3 Å². The lowest BCUT2D eigenvalue weighted by molar-refractivity contribution is -0.111. The highest BCUT2D eigenvalue weighted by atomic mass is 35.5. The molecule has 4 rings (SSSR count). The first-order valence-electron chi connectivity index (χ1n) is 16.7. The Hall–Kier alpha value is -4.08. The molecular weight excluding hydrogens is 711 g/mol. The van der Waals surface area contributed by atoms with E-state index in [1.165, 1.54) is 36.4 Å². The summed E-state index contributed by atoms with van der Waals surface area (Å²) in [5.41, 5.74) is 2.31. The molecule has 0 spiro atoms. The molecule has 1 saturated heterocycles. The lowest BCUT2D eigenvalue weighted by Gasteiger charge is -2.35.